The van der Waals surface area contributed by atoms with Crippen LogP contribution in [0.25, 0.3) is 10.9 Å². The summed E-state index contributed by atoms with van der Waals surface area (Å²) in [5.41, 5.74) is 2.18. The maximum Gasteiger partial charge on any atom is 0.123 e. The number of halogens is 1. The van der Waals surface area contributed by atoms with Crippen molar-refractivity contribution in [2.24, 2.45) is 5.92 Å². The van der Waals surface area contributed by atoms with Gasteiger partial charge in [-0.2, -0.15) is 0 Å². The first-order valence-electron chi connectivity index (χ1n) is 7.90. The van der Waals surface area contributed by atoms with Gasteiger partial charge in [-0.25, -0.2) is 4.39 Å². The quantitative estimate of drug-likeness (QED) is 0.912. The van der Waals surface area contributed by atoms with Crippen molar-refractivity contribution < 1.29 is 4.39 Å². The van der Waals surface area contributed by atoms with Crippen molar-refractivity contribution in [2.75, 3.05) is 7.05 Å². The maximum absolute atomic E-state index is 13.6. The number of hydrogen-bond donors (Lipinski definition) is 1. The van der Waals surface area contributed by atoms with E-state index in [-0.39, 0.29) is 5.82 Å². The lowest BCUT2D eigenvalue weighted by atomic mass is 9.76. The van der Waals surface area contributed by atoms with Gasteiger partial charge in [0, 0.05) is 17.6 Å². The predicted molar refractivity (Wildman–Crippen MR) is 84.9 cm³/mol. The third-order valence-electron chi connectivity index (χ3n) is 5.11. The number of hydrogen-bond acceptors (Lipinski definition) is 2. The minimum atomic E-state index is -0.172. The van der Waals surface area contributed by atoms with Crippen molar-refractivity contribution in [3.63, 3.8) is 0 Å². The van der Waals surface area contributed by atoms with Crippen molar-refractivity contribution in [3.8, 4) is 0 Å². The molecule has 3 rings (SSSR count). The number of nitrogens with zero attached hydrogens (tertiary/aromatic N) is 1. The largest absolute Gasteiger partial charge is 0.317 e. The van der Waals surface area contributed by atoms with Crippen LogP contribution in [0.1, 0.15) is 44.1 Å². The first-order chi connectivity index (χ1) is 10.2. The van der Waals surface area contributed by atoms with Gasteiger partial charge in [-0.05, 0) is 81.3 Å². The molecule has 1 aromatic carbocycles. The van der Waals surface area contributed by atoms with Crippen molar-refractivity contribution in [1.82, 2.24) is 10.3 Å². The molecule has 3 heteroatoms. The normalized spacial score (nSPS) is 24.1. The number of rotatable bonds is 3. The van der Waals surface area contributed by atoms with Crippen LogP contribution in [-0.2, 0) is 0 Å². The number of pyridine rings is 1. The SMILES string of the molecule is CN[C@H](C)C1CCC(c2ccnc3ccc(F)cc23)CC1. The Kier molecular flexibility index (Phi) is 4.20. The van der Waals surface area contributed by atoms with Crippen molar-refractivity contribution in [1.29, 1.82) is 0 Å². The Morgan fingerprint density at radius 1 is 1.19 bits per heavy atom. The molecule has 0 radical (unpaired) electrons. The predicted octanol–water partition coefficient (Wildman–Crippen LogP) is 4.26. The molecule has 1 aliphatic rings. The highest BCUT2D eigenvalue weighted by atomic mass is 19.1. The molecule has 0 amide bonds. The summed E-state index contributed by atoms with van der Waals surface area (Å²) >= 11 is 0. The van der Waals surface area contributed by atoms with E-state index in [0.717, 1.165) is 16.8 Å². The van der Waals surface area contributed by atoms with Crippen LogP contribution in [0, 0.1) is 11.7 Å². The zero-order valence-corrected chi connectivity index (χ0v) is 12.8. The van der Waals surface area contributed by atoms with Crippen LogP contribution in [0.15, 0.2) is 30.5 Å². The lowest BCUT2D eigenvalue weighted by Crippen LogP contribution is -2.32. The summed E-state index contributed by atoms with van der Waals surface area (Å²) in [6.45, 7) is 2.27. The second kappa shape index (κ2) is 6.10. The Balaban J connectivity index is 1.84. The highest BCUT2D eigenvalue weighted by Gasteiger charge is 2.26. The molecule has 112 valence electrons. The van der Waals surface area contributed by atoms with E-state index in [1.807, 2.05) is 13.2 Å². The summed E-state index contributed by atoms with van der Waals surface area (Å²) in [4.78, 5) is 4.36. The molecular formula is C18H23FN2. The van der Waals surface area contributed by atoms with Gasteiger partial charge in [-0.1, -0.05) is 0 Å². The summed E-state index contributed by atoms with van der Waals surface area (Å²) in [6.07, 6.45) is 6.72. The molecule has 2 nitrogen and oxygen atoms in total. The van der Waals surface area contributed by atoms with E-state index in [2.05, 4.69) is 23.3 Å². The van der Waals surface area contributed by atoms with Gasteiger partial charge in [0.1, 0.15) is 5.82 Å². The van der Waals surface area contributed by atoms with Crippen LogP contribution in [0.4, 0.5) is 4.39 Å². The monoisotopic (exact) mass is 286 g/mol. The van der Waals surface area contributed by atoms with E-state index in [1.165, 1.54) is 37.3 Å². The molecule has 1 atom stereocenters. The highest BCUT2D eigenvalue weighted by Crippen LogP contribution is 2.39. The molecule has 0 spiro atoms. The summed E-state index contributed by atoms with van der Waals surface area (Å²) in [5, 5.41) is 4.36. The fraction of sp³-hybridized carbons (Fsp3) is 0.500. The number of benzene rings is 1. The molecular weight excluding hydrogens is 263 g/mol. The topological polar surface area (TPSA) is 24.9 Å². The molecule has 0 bridgehead atoms. The number of fused-ring (bicyclic) bond motifs is 1. The molecule has 1 heterocycles. The van der Waals surface area contributed by atoms with Gasteiger partial charge in [0.05, 0.1) is 5.52 Å². The minimum absolute atomic E-state index is 0.172. The Morgan fingerprint density at radius 3 is 2.67 bits per heavy atom. The lowest BCUT2D eigenvalue weighted by Gasteiger charge is -2.32. The fourth-order valence-electron chi connectivity index (χ4n) is 3.66. The standard InChI is InChI=1S/C18H23FN2/c1-12(20-2)13-3-5-14(6-4-13)16-9-10-21-18-8-7-15(19)11-17(16)18/h7-14,20H,3-6H2,1-2H3/t12-,13?,14?/m1/s1. The van der Waals surface area contributed by atoms with Crippen molar-refractivity contribution in [3.05, 3.63) is 41.8 Å². The lowest BCUT2D eigenvalue weighted by molar-refractivity contribution is 0.271. The Labute approximate surface area is 125 Å². The Bertz CT molecular complexity index is 618. The van der Waals surface area contributed by atoms with Crippen LogP contribution < -0.4 is 5.32 Å². The molecule has 1 fully saturated rings. The van der Waals surface area contributed by atoms with Crippen molar-refractivity contribution >= 4 is 10.9 Å². The smallest absolute Gasteiger partial charge is 0.123 e. The van der Waals surface area contributed by atoms with Gasteiger partial charge >= 0.3 is 0 Å². The Morgan fingerprint density at radius 2 is 1.95 bits per heavy atom. The van der Waals surface area contributed by atoms with Gasteiger partial charge in [0.15, 0.2) is 0 Å². The summed E-state index contributed by atoms with van der Waals surface area (Å²) in [6, 6.07) is 7.57. The molecule has 0 aliphatic heterocycles. The molecule has 0 saturated heterocycles. The second-order valence-electron chi connectivity index (χ2n) is 6.25. The van der Waals surface area contributed by atoms with Gasteiger partial charge in [-0.3, -0.25) is 4.98 Å². The molecule has 1 N–H and O–H groups in total. The fourth-order valence-corrected chi connectivity index (χ4v) is 3.66. The van der Waals surface area contributed by atoms with Gasteiger partial charge < -0.3 is 5.32 Å². The molecule has 21 heavy (non-hydrogen) atoms. The van der Waals surface area contributed by atoms with E-state index in [9.17, 15) is 4.39 Å². The van der Waals surface area contributed by atoms with Gasteiger partial charge in [0.25, 0.3) is 0 Å². The third kappa shape index (κ3) is 2.93. The zero-order valence-electron chi connectivity index (χ0n) is 12.8. The minimum Gasteiger partial charge on any atom is -0.317 e. The zero-order chi connectivity index (χ0) is 14.8. The summed E-state index contributed by atoms with van der Waals surface area (Å²) < 4.78 is 13.6. The van der Waals surface area contributed by atoms with Crippen LogP contribution in [-0.4, -0.2) is 18.1 Å². The highest BCUT2D eigenvalue weighted by molar-refractivity contribution is 5.82. The number of aromatic nitrogens is 1. The average Bonchev–Trinajstić information content (AvgIpc) is 2.53. The molecule has 0 unspecified atom stereocenters. The van der Waals surface area contributed by atoms with Crippen molar-refractivity contribution in [2.45, 2.75) is 44.6 Å². The first kappa shape index (κ1) is 14.5. The van der Waals surface area contributed by atoms with Gasteiger partial charge in [-0.15, -0.1) is 0 Å². The van der Waals surface area contributed by atoms with E-state index in [0.29, 0.717) is 12.0 Å². The van der Waals surface area contributed by atoms with E-state index in [1.54, 1.807) is 12.1 Å². The maximum atomic E-state index is 13.6. The van der Waals surface area contributed by atoms with Crippen LogP contribution in [0.2, 0.25) is 0 Å². The van der Waals surface area contributed by atoms with Crippen LogP contribution in [0.3, 0.4) is 0 Å². The first-order valence-corrected chi connectivity index (χ1v) is 7.90. The third-order valence-corrected chi connectivity index (χ3v) is 5.11. The van der Waals surface area contributed by atoms with Gasteiger partial charge in [0.2, 0.25) is 0 Å². The second-order valence-corrected chi connectivity index (χ2v) is 6.25. The van der Waals surface area contributed by atoms with Crippen LogP contribution in [0.5, 0.6) is 0 Å². The number of nitrogens with one attached hydrogen (secondary N) is 1. The molecule has 2 aromatic rings. The molecule has 1 aromatic heterocycles. The molecule has 1 saturated carbocycles. The summed E-state index contributed by atoms with van der Waals surface area (Å²) in [7, 11) is 2.04. The van der Waals surface area contributed by atoms with E-state index < -0.39 is 0 Å². The van der Waals surface area contributed by atoms with Crippen LogP contribution >= 0.6 is 0 Å². The van der Waals surface area contributed by atoms with E-state index >= 15 is 0 Å². The van der Waals surface area contributed by atoms with E-state index in [4.69, 9.17) is 0 Å². The molecule has 1 aliphatic carbocycles. The average molecular weight is 286 g/mol. The summed E-state index contributed by atoms with van der Waals surface area (Å²) in [5.74, 6) is 1.13. The Hall–Kier alpha value is -1.48.